The van der Waals surface area contributed by atoms with E-state index < -0.39 is 10.0 Å². The Morgan fingerprint density at radius 3 is 2.48 bits per heavy atom. The molecule has 0 aliphatic heterocycles. The van der Waals surface area contributed by atoms with Gasteiger partial charge in [0.25, 0.3) is 0 Å². The summed E-state index contributed by atoms with van der Waals surface area (Å²) in [7, 11) is -3.78. The predicted octanol–water partition coefficient (Wildman–Crippen LogP) is 1.49. The van der Waals surface area contributed by atoms with Crippen molar-refractivity contribution in [2.75, 3.05) is 11.9 Å². The van der Waals surface area contributed by atoms with Gasteiger partial charge in [0.15, 0.2) is 0 Å². The van der Waals surface area contributed by atoms with Crippen molar-refractivity contribution < 1.29 is 13.2 Å². The quantitative estimate of drug-likeness (QED) is 0.630. The summed E-state index contributed by atoms with van der Waals surface area (Å²) in [4.78, 5) is 11.9. The van der Waals surface area contributed by atoms with Crippen molar-refractivity contribution in [2.24, 2.45) is 10.9 Å². The zero-order valence-electron chi connectivity index (χ0n) is 12.3. The van der Waals surface area contributed by atoms with Crippen LogP contribution < -0.4 is 16.2 Å². The monoisotopic (exact) mass is 313 g/mol. The van der Waals surface area contributed by atoms with Gasteiger partial charge in [-0.3, -0.25) is 4.79 Å². The van der Waals surface area contributed by atoms with Crippen LogP contribution in [0.2, 0.25) is 0 Å². The first kappa shape index (κ1) is 17.6. The van der Waals surface area contributed by atoms with Gasteiger partial charge in [0, 0.05) is 12.1 Å². The van der Waals surface area contributed by atoms with Crippen LogP contribution in [0.5, 0.6) is 0 Å². The molecule has 5 N–H and O–H groups in total. The molecule has 0 fully saturated rings. The first-order valence-corrected chi connectivity index (χ1v) is 8.53. The molecule has 0 bridgehead atoms. The van der Waals surface area contributed by atoms with Gasteiger partial charge in [-0.15, -0.1) is 0 Å². The Hall–Kier alpha value is -1.44. The molecule has 1 aromatic carbocycles. The second-order valence-corrected chi connectivity index (χ2v) is 6.50. The lowest BCUT2D eigenvalue weighted by molar-refractivity contribution is -0.116. The Kier molecular flexibility index (Phi) is 6.80. The highest BCUT2D eigenvalue weighted by molar-refractivity contribution is 7.89. The number of primary sulfonamides is 1. The summed E-state index contributed by atoms with van der Waals surface area (Å²) in [5, 5.41) is 7.86. The van der Waals surface area contributed by atoms with E-state index in [0.29, 0.717) is 24.2 Å². The van der Waals surface area contributed by atoms with E-state index >= 15 is 0 Å². The molecule has 0 heterocycles. The smallest absolute Gasteiger partial charge is 0.238 e. The minimum absolute atomic E-state index is 0.0308. The third-order valence-electron chi connectivity index (χ3n) is 3.22. The second kappa shape index (κ2) is 8.11. The van der Waals surface area contributed by atoms with Gasteiger partial charge in [-0.2, -0.15) is 0 Å². The minimum Gasteiger partial charge on any atom is -0.330 e. The Morgan fingerprint density at radius 1 is 1.19 bits per heavy atom. The number of anilines is 1. The fraction of sp³-hybridized carbons (Fsp3) is 0.500. The highest BCUT2D eigenvalue weighted by Crippen LogP contribution is 2.22. The molecule has 0 aliphatic rings. The average Bonchev–Trinajstić information content (AvgIpc) is 2.39. The SMILES string of the molecule is Cc1c(NC(=O)CCCCCCN)cccc1S(N)(=O)=O. The molecule has 1 amide bonds. The minimum atomic E-state index is -3.78. The Labute approximate surface area is 126 Å². The molecule has 0 saturated carbocycles. The lowest BCUT2D eigenvalue weighted by Gasteiger charge is -2.11. The molecule has 1 rings (SSSR count). The van der Waals surface area contributed by atoms with Gasteiger partial charge in [-0.05, 0) is 44.0 Å². The standard InChI is InChI=1S/C14H23N3O3S/c1-11-12(7-6-8-13(11)21(16,19)20)17-14(18)9-4-2-3-5-10-15/h6-8H,2-5,9-10,15H2,1H3,(H,17,18)(H2,16,19,20). The highest BCUT2D eigenvalue weighted by Gasteiger charge is 2.14. The number of carbonyl (C=O) groups is 1. The highest BCUT2D eigenvalue weighted by atomic mass is 32.2. The van der Waals surface area contributed by atoms with Gasteiger partial charge in [-0.1, -0.05) is 18.9 Å². The van der Waals surface area contributed by atoms with E-state index in [4.69, 9.17) is 10.9 Å². The van der Waals surface area contributed by atoms with Crippen molar-refractivity contribution in [3.8, 4) is 0 Å². The van der Waals surface area contributed by atoms with E-state index in [0.717, 1.165) is 25.7 Å². The molecule has 118 valence electrons. The molecule has 0 radical (unpaired) electrons. The summed E-state index contributed by atoms with van der Waals surface area (Å²) >= 11 is 0. The van der Waals surface area contributed by atoms with E-state index in [1.165, 1.54) is 6.07 Å². The molecule has 7 heteroatoms. The van der Waals surface area contributed by atoms with Gasteiger partial charge in [0.2, 0.25) is 15.9 Å². The molecule has 0 saturated heterocycles. The van der Waals surface area contributed by atoms with Gasteiger partial charge < -0.3 is 11.1 Å². The van der Waals surface area contributed by atoms with E-state index in [-0.39, 0.29) is 10.8 Å². The summed E-state index contributed by atoms with van der Waals surface area (Å²) in [5.74, 6) is -0.127. The maximum Gasteiger partial charge on any atom is 0.238 e. The van der Waals surface area contributed by atoms with Crippen LogP contribution >= 0.6 is 0 Å². The first-order chi connectivity index (χ1) is 9.86. The third kappa shape index (κ3) is 5.82. The fourth-order valence-corrected chi connectivity index (χ4v) is 2.86. The topological polar surface area (TPSA) is 115 Å². The lowest BCUT2D eigenvalue weighted by atomic mass is 10.1. The van der Waals surface area contributed by atoms with Crippen LogP contribution in [0.1, 0.15) is 37.7 Å². The predicted molar refractivity (Wildman–Crippen MR) is 83.3 cm³/mol. The van der Waals surface area contributed by atoms with Crippen molar-refractivity contribution in [1.29, 1.82) is 0 Å². The van der Waals surface area contributed by atoms with Crippen molar-refractivity contribution in [3.63, 3.8) is 0 Å². The summed E-state index contributed by atoms with van der Waals surface area (Å²) in [6.45, 7) is 2.29. The van der Waals surface area contributed by atoms with Crippen molar-refractivity contribution in [1.82, 2.24) is 0 Å². The Morgan fingerprint density at radius 2 is 1.86 bits per heavy atom. The van der Waals surface area contributed by atoms with Crippen LogP contribution in [-0.4, -0.2) is 20.9 Å². The average molecular weight is 313 g/mol. The summed E-state index contributed by atoms with van der Waals surface area (Å²) in [6.07, 6.45) is 4.14. The number of hydrogen-bond acceptors (Lipinski definition) is 4. The van der Waals surface area contributed by atoms with E-state index in [1.54, 1.807) is 19.1 Å². The fourth-order valence-electron chi connectivity index (χ4n) is 2.05. The number of carbonyl (C=O) groups excluding carboxylic acids is 1. The van der Waals surface area contributed by atoms with E-state index in [2.05, 4.69) is 5.32 Å². The van der Waals surface area contributed by atoms with Crippen LogP contribution in [0, 0.1) is 6.92 Å². The van der Waals surface area contributed by atoms with Gasteiger partial charge in [0.1, 0.15) is 0 Å². The van der Waals surface area contributed by atoms with Crippen LogP contribution in [0.4, 0.5) is 5.69 Å². The molecular formula is C14H23N3O3S. The molecular weight excluding hydrogens is 290 g/mol. The summed E-state index contributed by atoms with van der Waals surface area (Å²) in [5.41, 5.74) is 6.34. The van der Waals surface area contributed by atoms with Crippen LogP contribution in [0.25, 0.3) is 0 Å². The molecule has 6 nitrogen and oxygen atoms in total. The number of amides is 1. The number of sulfonamides is 1. The number of benzene rings is 1. The molecule has 0 aromatic heterocycles. The number of nitrogens with two attached hydrogens (primary N) is 2. The first-order valence-electron chi connectivity index (χ1n) is 6.98. The number of hydrogen-bond donors (Lipinski definition) is 3. The van der Waals surface area contributed by atoms with Gasteiger partial charge in [0.05, 0.1) is 4.90 Å². The molecule has 0 aliphatic carbocycles. The van der Waals surface area contributed by atoms with E-state index in [9.17, 15) is 13.2 Å². The number of nitrogens with one attached hydrogen (secondary N) is 1. The molecule has 0 spiro atoms. The normalized spacial score (nSPS) is 11.4. The molecule has 0 unspecified atom stereocenters. The van der Waals surface area contributed by atoms with Crippen LogP contribution in [0.15, 0.2) is 23.1 Å². The zero-order valence-corrected chi connectivity index (χ0v) is 13.1. The summed E-state index contributed by atoms with van der Waals surface area (Å²) < 4.78 is 22.8. The Balaban J connectivity index is 2.61. The largest absolute Gasteiger partial charge is 0.330 e. The summed E-state index contributed by atoms with van der Waals surface area (Å²) in [6, 6.07) is 4.65. The number of rotatable bonds is 8. The lowest BCUT2D eigenvalue weighted by Crippen LogP contribution is -2.16. The zero-order chi connectivity index (χ0) is 15.9. The van der Waals surface area contributed by atoms with Crippen molar-refractivity contribution in [3.05, 3.63) is 23.8 Å². The van der Waals surface area contributed by atoms with Crippen molar-refractivity contribution >= 4 is 21.6 Å². The maximum absolute atomic E-state index is 11.8. The van der Waals surface area contributed by atoms with Crippen LogP contribution in [0.3, 0.4) is 0 Å². The van der Waals surface area contributed by atoms with Crippen LogP contribution in [-0.2, 0) is 14.8 Å². The van der Waals surface area contributed by atoms with Crippen molar-refractivity contribution in [2.45, 2.75) is 43.9 Å². The van der Waals surface area contributed by atoms with Gasteiger partial charge >= 0.3 is 0 Å². The van der Waals surface area contributed by atoms with E-state index in [1.807, 2.05) is 0 Å². The maximum atomic E-state index is 11.8. The molecule has 21 heavy (non-hydrogen) atoms. The Bertz CT molecular complexity index is 585. The molecule has 1 aromatic rings. The second-order valence-electron chi connectivity index (χ2n) is 4.97. The third-order valence-corrected chi connectivity index (χ3v) is 4.28. The van der Waals surface area contributed by atoms with Gasteiger partial charge in [-0.25, -0.2) is 13.6 Å². The number of unbranched alkanes of at least 4 members (excludes halogenated alkanes) is 3. The molecule has 0 atom stereocenters.